The van der Waals surface area contributed by atoms with Crippen molar-refractivity contribution in [2.45, 2.75) is 13.8 Å². The maximum atomic E-state index is 12.0. The third-order valence-electron chi connectivity index (χ3n) is 2.60. The second-order valence-electron chi connectivity index (χ2n) is 4.21. The van der Waals surface area contributed by atoms with Crippen LogP contribution in [0.3, 0.4) is 0 Å². The van der Waals surface area contributed by atoms with E-state index in [-0.39, 0.29) is 0 Å². The Morgan fingerprint density at radius 2 is 2.05 bits per heavy atom. The molecule has 22 heavy (non-hydrogen) atoms. The number of nitrogens with one attached hydrogen (secondary N) is 2. The molecular weight excluding hydrogens is 370 g/mol. The number of carbonyl (C=O) groups is 2. The van der Waals surface area contributed by atoms with Crippen LogP contribution in [0.2, 0.25) is 0 Å². The smallest absolute Gasteiger partial charge is 0.350 e. The molecule has 0 aliphatic heterocycles. The second-order valence-corrected chi connectivity index (χ2v) is 6.07. The van der Waals surface area contributed by atoms with Crippen LogP contribution in [-0.4, -0.2) is 23.6 Å². The molecule has 2 N–H and O–H groups in total. The molecule has 0 unspecified atom stereocenters. The van der Waals surface area contributed by atoms with Crippen molar-refractivity contribution < 1.29 is 14.3 Å². The Balaban J connectivity index is 2.05. The lowest BCUT2D eigenvalue weighted by atomic mass is 10.3. The van der Waals surface area contributed by atoms with E-state index in [4.69, 9.17) is 4.74 Å². The third-order valence-corrected chi connectivity index (χ3v) is 4.34. The number of ether oxygens (including phenoxy) is 1. The van der Waals surface area contributed by atoms with E-state index in [1.807, 2.05) is 18.2 Å². The van der Waals surface area contributed by atoms with Gasteiger partial charge in [-0.05, 0) is 41.9 Å². The molecule has 0 bridgehead atoms. The van der Waals surface area contributed by atoms with Gasteiger partial charge in [0.15, 0.2) is 5.13 Å². The minimum absolute atomic E-state index is 0.293. The predicted molar refractivity (Wildman–Crippen MR) is 89.6 cm³/mol. The number of nitrogens with zero attached hydrogens (tertiary/aromatic N) is 1. The van der Waals surface area contributed by atoms with Gasteiger partial charge in [0, 0.05) is 4.47 Å². The van der Waals surface area contributed by atoms with Gasteiger partial charge in [-0.25, -0.2) is 14.6 Å². The lowest BCUT2D eigenvalue weighted by molar-refractivity contribution is 0.0531. The third kappa shape index (κ3) is 4.05. The van der Waals surface area contributed by atoms with Gasteiger partial charge in [-0.15, -0.1) is 0 Å². The second kappa shape index (κ2) is 7.37. The van der Waals surface area contributed by atoms with Crippen molar-refractivity contribution in [1.29, 1.82) is 0 Å². The number of hydrogen-bond donors (Lipinski definition) is 2. The van der Waals surface area contributed by atoms with Gasteiger partial charge in [-0.1, -0.05) is 23.5 Å². The Kier molecular flexibility index (Phi) is 5.51. The van der Waals surface area contributed by atoms with Crippen molar-refractivity contribution in [1.82, 2.24) is 4.98 Å². The summed E-state index contributed by atoms with van der Waals surface area (Å²) < 4.78 is 5.71. The van der Waals surface area contributed by atoms with Gasteiger partial charge < -0.3 is 10.1 Å². The SMILES string of the molecule is CCOC(=O)c1sc(NC(=O)Nc2ccccc2Br)nc1C. The number of hydrogen-bond acceptors (Lipinski definition) is 5. The molecule has 6 nitrogen and oxygen atoms in total. The van der Waals surface area contributed by atoms with E-state index in [9.17, 15) is 9.59 Å². The molecule has 0 aliphatic carbocycles. The zero-order chi connectivity index (χ0) is 16.1. The highest BCUT2D eigenvalue weighted by molar-refractivity contribution is 9.10. The Morgan fingerprint density at radius 3 is 2.73 bits per heavy atom. The number of benzene rings is 1. The minimum atomic E-state index is -0.434. The van der Waals surface area contributed by atoms with Crippen LogP contribution in [0, 0.1) is 6.92 Å². The molecule has 0 fully saturated rings. The van der Waals surface area contributed by atoms with Gasteiger partial charge in [0.1, 0.15) is 4.88 Å². The van der Waals surface area contributed by atoms with E-state index in [0.717, 1.165) is 15.8 Å². The van der Waals surface area contributed by atoms with E-state index in [1.165, 1.54) is 0 Å². The summed E-state index contributed by atoms with van der Waals surface area (Å²) in [6.07, 6.45) is 0. The molecule has 0 radical (unpaired) electrons. The lowest BCUT2D eigenvalue weighted by Crippen LogP contribution is -2.19. The molecule has 0 saturated heterocycles. The van der Waals surface area contributed by atoms with Crippen molar-refractivity contribution in [3.05, 3.63) is 39.3 Å². The van der Waals surface area contributed by atoms with Gasteiger partial charge in [-0.3, -0.25) is 5.32 Å². The van der Waals surface area contributed by atoms with Crippen molar-refractivity contribution in [3.63, 3.8) is 0 Å². The molecule has 2 amide bonds. The molecule has 1 heterocycles. The van der Waals surface area contributed by atoms with Gasteiger partial charge in [0.25, 0.3) is 0 Å². The van der Waals surface area contributed by atoms with Crippen LogP contribution in [-0.2, 0) is 4.74 Å². The zero-order valence-electron chi connectivity index (χ0n) is 12.0. The Bertz CT molecular complexity index is 702. The number of amides is 2. The summed E-state index contributed by atoms with van der Waals surface area (Å²) in [7, 11) is 0. The first-order valence-electron chi connectivity index (χ1n) is 6.48. The van der Waals surface area contributed by atoms with Crippen LogP contribution in [0.5, 0.6) is 0 Å². The molecule has 0 saturated carbocycles. The normalized spacial score (nSPS) is 10.1. The summed E-state index contributed by atoms with van der Waals surface area (Å²) in [5.74, 6) is -0.434. The van der Waals surface area contributed by atoms with Crippen molar-refractivity contribution in [3.8, 4) is 0 Å². The van der Waals surface area contributed by atoms with Crippen LogP contribution in [0.1, 0.15) is 22.3 Å². The van der Waals surface area contributed by atoms with E-state index >= 15 is 0 Å². The number of urea groups is 1. The Labute approximate surface area is 140 Å². The number of halogens is 1. The number of thiazole rings is 1. The standard InChI is InChI=1S/C14H14BrN3O3S/c1-3-21-12(19)11-8(2)16-14(22-11)18-13(20)17-10-7-5-4-6-9(10)15/h4-7H,3H2,1-2H3,(H2,16,17,18,20). The van der Waals surface area contributed by atoms with Gasteiger partial charge in [-0.2, -0.15) is 0 Å². The van der Waals surface area contributed by atoms with E-state index in [0.29, 0.717) is 28.0 Å². The first-order chi connectivity index (χ1) is 10.5. The molecule has 0 atom stereocenters. The highest BCUT2D eigenvalue weighted by Crippen LogP contribution is 2.25. The molecule has 2 aromatic rings. The van der Waals surface area contributed by atoms with Crippen LogP contribution >= 0.6 is 27.3 Å². The first kappa shape index (κ1) is 16.4. The molecule has 1 aromatic carbocycles. The van der Waals surface area contributed by atoms with Crippen LogP contribution in [0.15, 0.2) is 28.7 Å². The summed E-state index contributed by atoms with van der Waals surface area (Å²) in [6, 6.07) is 6.81. The largest absolute Gasteiger partial charge is 0.462 e. The number of carbonyl (C=O) groups excluding carboxylic acids is 2. The zero-order valence-corrected chi connectivity index (χ0v) is 14.4. The van der Waals surface area contributed by atoms with Gasteiger partial charge in [0.05, 0.1) is 18.0 Å². The molecular formula is C14H14BrN3O3S. The van der Waals surface area contributed by atoms with E-state index < -0.39 is 12.0 Å². The first-order valence-corrected chi connectivity index (χ1v) is 8.09. The summed E-state index contributed by atoms with van der Waals surface area (Å²) in [4.78, 5) is 28.2. The quantitative estimate of drug-likeness (QED) is 0.780. The number of para-hydroxylation sites is 1. The monoisotopic (exact) mass is 383 g/mol. The molecule has 0 aliphatic rings. The summed E-state index contributed by atoms with van der Waals surface area (Å²) >= 11 is 4.43. The average molecular weight is 384 g/mol. The molecule has 2 rings (SSSR count). The Hall–Kier alpha value is -1.93. The summed E-state index contributed by atoms with van der Waals surface area (Å²) in [6.45, 7) is 3.72. The van der Waals surface area contributed by atoms with E-state index in [1.54, 1.807) is 19.9 Å². The van der Waals surface area contributed by atoms with E-state index in [2.05, 4.69) is 31.5 Å². The van der Waals surface area contributed by atoms with Crippen molar-refractivity contribution >= 4 is 50.1 Å². The van der Waals surface area contributed by atoms with Crippen LogP contribution in [0.25, 0.3) is 0 Å². The molecule has 1 aromatic heterocycles. The van der Waals surface area contributed by atoms with Crippen LogP contribution < -0.4 is 10.6 Å². The number of anilines is 2. The fourth-order valence-electron chi connectivity index (χ4n) is 1.65. The average Bonchev–Trinajstić information content (AvgIpc) is 2.82. The fraction of sp³-hybridized carbons (Fsp3) is 0.214. The number of aromatic nitrogens is 1. The lowest BCUT2D eigenvalue weighted by Gasteiger charge is -2.06. The van der Waals surface area contributed by atoms with Crippen LogP contribution in [0.4, 0.5) is 15.6 Å². The fourth-order valence-corrected chi connectivity index (χ4v) is 2.89. The minimum Gasteiger partial charge on any atom is -0.462 e. The Morgan fingerprint density at radius 1 is 1.32 bits per heavy atom. The molecule has 8 heteroatoms. The predicted octanol–water partition coefficient (Wildman–Crippen LogP) is 4.03. The topological polar surface area (TPSA) is 80.3 Å². The molecule has 0 spiro atoms. The highest BCUT2D eigenvalue weighted by atomic mass is 79.9. The maximum Gasteiger partial charge on any atom is 0.350 e. The number of esters is 1. The summed E-state index contributed by atoms with van der Waals surface area (Å²) in [5.41, 5.74) is 1.17. The number of rotatable bonds is 4. The number of aryl methyl sites for hydroxylation is 1. The molecule has 116 valence electrons. The summed E-state index contributed by atoms with van der Waals surface area (Å²) in [5, 5.41) is 5.64. The highest BCUT2D eigenvalue weighted by Gasteiger charge is 2.17. The maximum absolute atomic E-state index is 12.0. The van der Waals surface area contributed by atoms with Crippen molar-refractivity contribution in [2.24, 2.45) is 0 Å². The van der Waals surface area contributed by atoms with Gasteiger partial charge in [0.2, 0.25) is 0 Å². The van der Waals surface area contributed by atoms with Crippen molar-refractivity contribution in [2.75, 3.05) is 17.2 Å². The van der Waals surface area contributed by atoms with Gasteiger partial charge >= 0.3 is 12.0 Å².